The van der Waals surface area contributed by atoms with Crippen molar-refractivity contribution in [1.29, 1.82) is 0 Å². The molecule has 1 aromatic heterocycles. The van der Waals surface area contributed by atoms with Crippen LogP contribution in [0.5, 0.6) is 0 Å². The van der Waals surface area contributed by atoms with Crippen molar-refractivity contribution in [3.05, 3.63) is 81.6 Å². The number of aliphatic hydroxyl groups is 4. The number of benzene rings is 2. The van der Waals surface area contributed by atoms with E-state index in [1.54, 1.807) is 12.1 Å². The van der Waals surface area contributed by atoms with E-state index in [2.05, 4.69) is 51.9 Å². The summed E-state index contributed by atoms with van der Waals surface area (Å²) in [6.07, 6.45) is 0.651. The number of aliphatic hydroxyl groups excluding tert-OH is 4. The molecule has 0 spiro atoms. The first-order chi connectivity index (χ1) is 26.7. The van der Waals surface area contributed by atoms with Crippen molar-refractivity contribution in [2.24, 2.45) is 5.92 Å². The maximum atomic E-state index is 12.9. The zero-order valence-corrected chi connectivity index (χ0v) is 33.2. The number of anilines is 2. The highest BCUT2D eigenvalue weighted by atomic mass is 35.5. The molecule has 16 nitrogen and oxygen atoms in total. The van der Waals surface area contributed by atoms with Crippen LogP contribution in [-0.4, -0.2) is 122 Å². The van der Waals surface area contributed by atoms with Crippen molar-refractivity contribution >= 4 is 41.0 Å². The summed E-state index contributed by atoms with van der Waals surface area (Å²) in [7, 11) is 0. The largest absolute Gasteiger partial charge is 0.481 e. The van der Waals surface area contributed by atoms with Crippen LogP contribution in [0.15, 0.2) is 48.5 Å². The van der Waals surface area contributed by atoms with Crippen LogP contribution in [0, 0.1) is 12.8 Å². The van der Waals surface area contributed by atoms with E-state index in [-0.39, 0.29) is 40.9 Å². The topological polar surface area (TPSA) is 270 Å². The van der Waals surface area contributed by atoms with Gasteiger partial charge in [-0.2, -0.15) is 0 Å². The third-order valence-electron chi connectivity index (χ3n) is 8.88. The summed E-state index contributed by atoms with van der Waals surface area (Å²) in [6.45, 7) is 7.59. The van der Waals surface area contributed by atoms with Gasteiger partial charge in [0.05, 0.1) is 12.7 Å². The van der Waals surface area contributed by atoms with Gasteiger partial charge in [0.2, 0.25) is 0 Å². The van der Waals surface area contributed by atoms with E-state index in [1.807, 2.05) is 29.2 Å². The summed E-state index contributed by atoms with van der Waals surface area (Å²) < 4.78 is 0. The standard InChI is InChI=1S/C37H55ClN8O6.C2H4O2/c1-3-4-5-8-16-46(22-29(48)32(50)30(49)23-47)17-15-42-36(51)27-13-11-25(12-14-27)19-41-20-26(18-28-10-7-6-9-24(28)2)21-43-37(52)31-34(39)45-35(40)33(38)44-31;1-2(3)4/h6-7,9-14,26,29-30,32,41,47-50H,3-5,8,15-23H2,1-2H3,(H,42,51)(H,43,52)(H4,39,40,45);1H3,(H,3,4)/t26-,29+,30-,32-;/m0./s1. The Hall–Kier alpha value is -4.42. The van der Waals surface area contributed by atoms with Gasteiger partial charge in [0.25, 0.3) is 17.8 Å². The van der Waals surface area contributed by atoms with Gasteiger partial charge in [0.1, 0.15) is 12.2 Å². The molecule has 0 aliphatic heterocycles. The fourth-order valence-electron chi connectivity index (χ4n) is 5.71. The van der Waals surface area contributed by atoms with E-state index in [9.17, 15) is 24.9 Å². The number of carboxylic acids is 1. The number of nitrogen functional groups attached to an aromatic ring is 2. The highest BCUT2D eigenvalue weighted by Gasteiger charge is 2.26. The fraction of sp³-hybridized carbons (Fsp3) is 0.513. The lowest BCUT2D eigenvalue weighted by Gasteiger charge is -2.29. The van der Waals surface area contributed by atoms with Gasteiger partial charge in [-0.15, -0.1) is 0 Å². The highest BCUT2D eigenvalue weighted by Crippen LogP contribution is 2.18. The molecular formula is C39H59ClN8O8. The van der Waals surface area contributed by atoms with Gasteiger partial charge in [0, 0.05) is 51.8 Å². The maximum Gasteiger partial charge on any atom is 0.300 e. The minimum atomic E-state index is -1.47. The van der Waals surface area contributed by atoms with Gasteiger partial charge >= 0.3 is 0 Å². The first-order valence-corrected chi connectivity index (χ1v) is 19.1. The van der Waals surface area contributed by atoms with Crippen LogP contribution >= 0.6 is 11.6 Å². The second-order valence-corrected chi connectivity index (χ2v) is 14.0. The zero-order valence-electron chi connectivity index (χ0n) is 32.5. The number of aromatic nitrogens is 2. The fourth-order valence-corrected chi connectivity index (χ4v) is 5.84. The summed E-state index contributed by atoms with van der Waals surface area (Å²) in [6, 6.07) is 15.4. The van der Waals surface area contributed by atoms with Crippen molar-refractivity contribution in [1.82, 2.24) is 30.8 Å². The lowest BCUT2D eigenvalue weighted by atomic mass is 9.95. The highest BCUT2D eigenvalue weighted by molar-refractivity contribution is 6.31. The average molecular weight is 803 g/mol. The molecule has 0 fully saturated rings. The molecule has 0 unspecified atom stereocenters. The Morgan fingerprint density at radius 3 is 2.20 bits per heavy atom. The molecule has 1 heterocycles. The third-order valence-corrected chi connectivity index (χ3v) is 9.16. The molecule has 17 heteroatoms. The molecule has 4 atom stereocenters. The molecule has 0 saturated carbocycles. The summed E-state index contributed by atoms with van der Waals surface area (Å²) in [5, 5.41) is 56.0. The maximum absolute atomic E-state index is 12.9. The number of nitrogens with two attached hydrogens (primary N) is 2. The Balaban J connectivity index is 0.00000258. The van der Waals surface area contributed by atoms with Crippen molar-refractivity contribution in [2.45, 2.75) is 77.7 Å². The number of aryl methyl sites for hydroxylation is 1. The van der Waals surface area contributed by atoms with Gasteiger partial charge in [0.15, 0.2) is 22.5 Å². The number of amides is 2. The van der Waals surface area contributed by atoms with Crippen LogP contribution in [0.2, 0.25) is 5.15 Å². The van der Waals surface area contributed by atoms with E-state index >= 15 is 0 Å². The molecule has 3 rings (SSSR count). The third kappa shape index (κ3) is 17.6. The molecule has 2 aromatic carbocycles. The second-order valence-electron chi connectivity index (χ2n) is 13.6. The molecule has 0 aliphatic carbocycles. The number of hydrogen-bond donors (Lipinski definition) is 10. The van der Waals surface area contributed by atoms with Crippen molar-refractivity contribution < 1.29 is 39.9 Å². The smallest absolute Gasteiger partial charge is 0.300 e. The van der Waals surface area contributed by atoms with Gasteiger partial charge in [-0.3, -0.25) is 19.3 Å². The Morgan fingerprint density at radius 2 is 1.55 bits per heavy atom. The van der Waals surface area contributed by atoms with Crippen molar-refractivity contribution in [3.8, 4) is 0 Å². The molecule has 12 N–H and O–H groups in total. The Morgan fingerprint density at radius 1 is 0.875 bits per heavy atom. The van der Waals surface area contributed by atoms with E-state index in [4.69, 9.17) is 38.1 Å². The summed E-state index contributed by atoms with van der Waals surface area (Å²) in [5.74, 6) is -1.69. The molecule has 56 heavy (non-hydrogen) atoms. The number of hydrogen-bond acceptors (Lipinski definition) is 13. The number of carbonyl (C=O) groups is 3. The summed E-state index contributed by atoms with van der Waals surface area (Å²) >= 11 is 5.97. The van der Waals surface area contributed by atoms with Gasteiger partial charge in [-0.05, 0) is 61.1 Å². The Bertz CT molecular complexity index is 1650. The van der Waals surface area contributed by atoms with E-state index < -0.39 is 36.8 Å². The molecule has 3 aromatic rings. The van der Waals surface area contributed by atoms with E-state index in [0.717, 1.165) is 43.7 Å². The summed E-state index contributed by atoms with van der Waals surface area (Å²) in [5.41, 5.74) is 15.2. The van der Waals surface area contributed by atoms with Crippen LogP contribution < -0.4 is 27.4 Å². The Kier molecular flexibility index (Phi) is 21.9. The van der Waals surface area contributed by atoms with Crippen LogP contribution in [-0.2, 0) is 17.8 Å². The molecule has 2 amide bonds. The monoisotopic (exact) mass is 802 g/mol. The normalized spacial score (nSPS) is 13.2. The van der Waals surface area contributed by atoms with E-state index in [0.29, 0.717) is 51.3 Å². The van der Waals surface area contributed by atoms with Crippen molar-refractivity contribution in [3.63, 3.8) is 0 Å². The number of unbranched alkanes of at least 4 members (excludes halogenated alkanes) is 3. The minimum Gasteiger partial charge on any atom is -0.481 e. The molecule has 0 saturated heterocycles. The summed E-state index contributed by atoms with van der Waals surface area (Å²) in [4.78, 5) is 44.7. The number of carboxylic acid groups (broad SMARTS) is 1. The number of halogens is 1. The number of carbonyl (C=O) groups excluding carboxylic acids is 2. The Labute approximate surface area is 333 Å². The molecular weight excluding hydrogens is 744 g/mol. The number of rotatable bonds is 23. The second kappa shape index (κ2) is 25.7. The van der Waals surface area contributed by atoms with Gasteiger partial charge in [-0.25, -0.2) is 9.97 Å². The zero-order chi connectivity index (χ0) is 41.6. The minimum absolute atomic E-state index is 0.0175. The predicted octanol–water partition coefficient (Wildman–Crippen LogP) is 1.76. The number of nitrogens with zero attached hydrogens (tertiary/aromatic N) is 3. The lowest BCUT2D eigenvalue weighted by Crippen LogP contribution is -2.47. The SMILES string of the molecule is CC(=O)O.CCCCCCN(CCNC(=O)c1ccc(CNC[C@@H](CNC(=O)c2nc(Cl)c(N)nc2N)Cc2ccccc2C)cc1)C[C@@H](O)[C@H](O)[C@@H](O)CO. The van der Waals surface area contributed by atoms with Gasteiger partial charge in [-0.1, -0.05) is 74.2 Å². The molecule has 310 valence electrons. The first-order valence-electron chi connectivity index (χ1n) is 18.7. The van der Waals surface area contributed by atoms with Crippen molar-refractivity contribution in [2.75, 3.05) is 57.3 Å². The van der Waals surface area contributed by atoms with Crippen LogP contribution in [0.3, 0.4) is 0 Å². The quantitative estimate of drug-likeness (QED) is 0.0613. The van der Waals surface area contributed by atoms with Gasteiger partial charge < -0.3 is 53.0 Å². The van der Waals surface area contributed by atoms with Crippen LogP contribution in [0.4, 0.5) is 11.6 Å². The van der Waals surface area contributed by atoms with Crippen LogP contribution in [0.1, 0.15) is 77.1 Å². The molecule has 0 bridgehead atoms. The van der Waals surface area contributed by atoms with Crippen LogP contribution in [0.25, 0.3) is 0 Å². The average Bonchev–Trinajstić information content (AvgIpc) is 3.16. The first kappa shape index (κ1) is 47.7. The molecule has 0 aliphatic rings. The lowest BCUT2D eigenvalue weighted by molar-refractivity contribution is -0.134. The predicted molar refractivity (Wildman–Crippen MR) is 216 cm³/mol. The number of aliphatic carboxylic acids is 1. The van der Waals surface area contributed by atoms with E-state index in [1.165, 1.54) is 5.56 Å². The molecule has 0 radical (unpaired) electrons. The number of nitrogens with one attached hydrogen (secondary N) is 3.